The maximum absolute atomic E-state index is 12.1. The van der Waals surface area contributed by atoms with E-state index < -0.39 is 5.63 Å². The number of benzene rings is 2. The average Bonchev–Trinajstić information content (AvgIpc) is 3.16. The van der Waals surface area contributed by atoms with Crippen molar-refractivity contribution in [2.75, 3.05) is 6.61 Å². The van der Waals surface area contributed by atoms with Crippen molar-refractivity contribution in [3.8, 4) is 22.7 Å². The number of ether oxygens (including phenoxy) is 1. The normalized spacial score (nSPS) is 11.0. The number of hydrogen-bond acceptors (Lipinski definition) is 5. The third kappa shape index (κ3) is 3.45. The molecule has 2 aromatic heterocycles. The summed E-state index contributed by atoms with van der Waals surface area (Å²) in [5.41, 5.74) is 2.81. The van der Waals surface area contributed by atoms with Crippen molar-refractivity contribution < 1.29 is 13.9 Å². The lowest BCUT2D eigenvalue weighted by atomic mass is 10.0. The molecule has 2 heterocycles. The van der Waals surface area contributed by atoms with E-state index in [4.69, 9.17) is 9.15 Å². The highest BCUT2D eigenvalue weighted by molar-refractivity contribution is 6.00. The van der Waals surface area contributed by atoms with Gasteiger partial charge in [0.25, 0.3) is 0 Å². The van der Waals surface area contributed by atoms with E-state index in [1.165, 1.54) is 6.07 Å². The standard InChI is InChI=1S/C23H20N2O4/c1-3-11-28-19-10-9-18-15(2)12-20(27)29-23(18)21(19)22-16(14-26)13-25(24-22)17-7-5-4-6-8-17/h4-10,12-14H,3,11H2,1-2H3. The second-order valence-corrected chi connectivity index (χ2v) is 6.74. The molecule has 0 radical (unpaired) electrons. The zero-order chi connectivity index (χ0) is 20.4. The lowest BCUT2D eigenvalue weighted by molar-refractivity contribution is 0.112. The van der Waals surface area contributed by atoms with Crippen molar-refractivity contribution >= 4 is 17.3 Å². The molecule has 0 unspecified atom stereocenters. The Hall–Kier alpha value is -3.67. The van der Waals surface area contributed by atoms with Crippen LogP contribution >= 0.6 is 0 Å². The molecular formula is C23H20N2O4. The quantitative estimate of drug-likeness (QED) is 0.358. The molecule has 146 valence electrons. The van der Waals surface area contributed by atoms with Gasteiger partial charge in [-0.2, -0.15) is 5.10 Å². The van der Waals surface area contributed by atoms with E-state index in [0.717, 1.165) is 29.3 Å². The molecule has 6 nitrogen and oxygen atoms in total. The van der Waals surface area contributed by atoms with Crippen LogP contribution in [0.4, 0.5) is 0 Å². The van der Waals surface area contributed by atoms with Crippen LogP contribution in [0.3, 0.4) is 0 Å². The first-order valence-electron chi connectivity index (χ1n) is 9.43. The smallest absolute Gasteiger partial charge is 0.336 e. The van der Waals surface area contributed by atoms with Crippen molar-refractivity contribution in [3.05, 3.63) is 76.3 Å². The van der Waals surface area contributed by atoms with Gasteiger partial charge in [0.2, 0.25) is 0 Å². The molecule has 0 aliphatic carbocycles. The summed E-state index contributed by atoms with van der Waals surface area (Å²) < 4.78 is 13.1. The Bertz CT molecular complexity index is 1240. The fraction of sp³-hybridized carbons (Fsp3) is 0.174. The topological polar surface area (TPSA) is 74.3 Å². The van der Waals surface area contributed by atoms with Gasteiger partial charge >= 0.3 is 5.63 Å². The molecule has 0 amide bonds. The second kappa shape index (κ2) is 7.75. The van der Waals surface area contributed by atoms with Gasteiger partial charge in [-0.1, -0.05) is 25.1 Å². The molecule has 4 aromatic rings. The summed E-state index contributed by atoms with van der Waals surface area (Å²) in [6.07, 6.45) is 3.22. The van der Waals surface area contributed by atoms with Gasteiger partial charge < -0.3 is 9.15 Å². The molecule has 0 saturated heterocycles. The second-order valence-electron chi connectivity index (χ2n) is 6.74. The lowest BCUT2D eigenvalue weighted by Gasteiger charge is -2.13. The molecule has 0 atom stereocenters. The van der Waals surface area contributed by atoms with Crippen LogP contribution in [0.15, 0.2) is 63.9 Å². The average molecular weight is 388 g/mol. The van der Waals surface area contributed by atoms with Crippen LogP contribution in [0.1, 0.15) is 29.3 Å². The van der Waals surface area contributed by atoms with Gasteiger partial charge in [0.15, 0.2) is 11.9 Å². The zero-order valence-electron chi connectivity index (χ0n) is 16.2. The molecule has 0 N–H and O–H groups in total. The van der Waals surface area contributed by atoms with Gasteiger partial charge in [0.05, 0.1) is 23.4 Å². The van der Waals surface area contributed by atoms with Crippen molar-refractivity contribution in [1.82, 2.24) is 9.78 Å². The number of rotatable bonds is 6. The Labute approximate surface area is 167 Å². The van der Waals surface area contributed by atoms with Gasteiger partial charge in [-0.3, -0.25) is 4.79 Å². The highest BCUT2D eigenvalue weighted by Gasteiger charge is 2.22. The predicted molar refractivity (Wildman–Crippen MR) is 111 cm³/mol. The molecule has 0 fully saturated rings. The van der Waals surface area contributed by atoms with E-state index in [9.17, 15) is 9.59 Å². The zero-order valence-corrected chi connectivity index (χ0v) is 16.2. The lowest BCUT2D eigenvalue weighted by Crippen LogP contribution is -2.03. The number of aromatic nitrogens is 2. The summed E-state index contributed by atoms with van der Waals surface area (Å²) in [6, 6.07) is 14.6. The van der Waals surface area contributed by atoms with E-state index in [1.807, 2.05) is 56.3 Å². The van der Waals surface area contributed by atoms with Crippen LogP contribution in [0.5, 0.6) is 5.75 Å². The van der Waals surface area contributed by atoms with Gasteiger partial charge in [-0.25, -0.2) is 9.48 Å². The maximum Gasteiger partial charge on any atom is 0.336 e. The van der Waals surface area contributed by atoms with Crippen LogP contribution in [0, 0.1) is 6.92 Å². The SMILES string of the molecule is CCCOc1ccc2c(C)cc(=O)oc2c1-c1nn(-c2ccccc2)cc1C=O. The van der Waals surface area contributed by atoms with Crippen molar-refractivity contribution in [2.24, 2.45) is 0 Å². The predicted octanol–water partition coefficient (Wildman–Crippen LogP) is 4.56. The van der Waals surface area contributed by atoms with Crippen molar-refractivity contribution in [1.29, 1.82) is 0 Å². The summed E-state index contributed by atoms with van der Waals surface area (Å²) in [4.78, 5) is 23.9. The fourth-order valence-corrected chi connectivity index (χ4v) is 3.30. The summed E-state index contributed by atoms with van der Waals surface area (Å²) >= 11 is 0. The first-order chi connectivity index (χ1) is 14.1. The Morgan fingerprint density at radius 1 is 1.17 bits per heavy atom. The maximum atomic E-state index is 12.1. The van der Waals surface area contributed by atoms with E-state index in [-0.39, 0.29) is 0 Å². The fourth-order valence-electron chi connectivity index (χ4n) is 3.30. The molecule has 6 heteroatoms. The number of para-hydroxylation sites is 1. The van der Waals surface area contributed by atoms with E-state index >= 15 is 0 Å². The Morgan fingerprint density at radius 2 is 1.97 bits per heavy atom. The third-order valence-electron chi connectivity index (χ3n) is 4.67. The summed E-state index contributed by atoms with van der Waals surface area (Å²) in [5, 5.41) is 5.42. The molecule has 0 saturated carbocycles. The summed E-state index contributed by atoms with van der Waals surface area (Å²) in [6.45, 7) is 4.34. The number of carbonyl (C=O) groups excluding carboxylic acids is 1. The number of aryl methyl sites for hydroxylation is 1. The van der Waals surface area contributed by atoms with Crippen LogP contribution in [0.2, 0.25) is 0 Å². The third-order valence-corrected chi connectivity index (χ3v) is 4.67. The van der Waals surface area contributed by atoms with Crippen molar-refractivity contribution in [3.63, 3.8) is 0 Å². The Kier molecular flexibility index (Phi) is 4.99. The monoisotopic (exact) mass is 388 g/mol. The van der Waals surface area contributed by atoms with Gasteiger partial charge in [-0.15, -0.1) is 0 Å². The van der Waals surface area contributed by atoms with Gasteiger partial charge in [-0.05, 0) is 43.2 Å². The molecule has 4 rings (SSSR count). The highest BCUT2D eigenvalue weighted by atomic mass is 16.5. The molecule has 29 heavy (non-hydrogen) atoms. The van der Waals surface area contributed by atoms with E-state index in [0.29, 0.717) is 34.8 Å². The number of fused-ring (bicyclic) bond motifs is 1. The molecule has 0 spiro atoms. The van der Waals surface area contributed by atoms with Crippen LogP contribution < -0.4 is 10.4 Å². The minimum atomic E-state index is -0.459. The first kappa shape index (κ1) is 18.7. The minimum Gasteiger partial charge on any atom is -0.493 e. The van der Waals surface area contributed by atoms with Gasteiger partial charge in [0, 0.05) is 17.6 Å². The number of aldehydes is 1. The largest absolute Gasteiger partial charge is 0.493 e. The summed E-state index contributed by atoms with van der Waals surface area (Å²) in [7, 11) is 0. The summed E-state index contributed by atoms with van der Waals surface area (Å²) in [5.74, 6) is 0.523. The van der Waals surface area contributed by atoms with E-state index in [2.05, 4.69) is 5.10 Å². The number of nitrogens with zero attached hydrogens (tertiary/aromatic N) is 2. The van der Waals surface area contributed by atoms with Crippen molar-refractivity contribution in [2.45, 2.75) is 20.3 Å². The molecule has 2 aromatic carbocycles. The van der Waals surface area contributed by atoms with Crippen LogP contribution in [-0.4, -0.2) is 22.7 Å². The molecule has 0 bridgehead atoms. The molecular weight excluding hydrogens is 368 g/mol. The van der Waals surface area contributed by atoms with Crippen LogP contribution in [-0.2, 0) is 0 Å². The van der Waals surface area contributed by atoms with Crippen LogP contribution in [0.25, 0.3) is 27.9 Å². The number of carbonyl (C=O) groups is 1. The minimum absolute atomic E-state index is 0.366. The molecule has 0 aliphatic rings. The first-order valence-corrected chi connectivity index (χ1v) is 9.43. The van der Waals surface area contributed by atoms with E-state index in [1.54, 1.807) is 10.9 Å². The highest BCUT2D eigenvalue weighted by Crippen LogP contribution is 2.38. The molecule has 0 aliphatic heterocycles. The Balaban J connectivity index is 2.02. The number of hydrogen-bond donors (Lipinski definition) is 0. The van der Waals surface area contributed by atoms with Gasteiger partial charge in [0.1, 0.15) is 11.4 Å². The Morgan fingerprint density at radius 3 is 2.69 bits per heavy atom.